The summed E-state index contributed by atoms with van der Waals surface area (Å²) >= 11 is 3.55. The highest BCUT2D eigenvalue weighted by molar-refractivity contribution is 9.10. The predicted molar refractivity (Wildman–Crippen MR) is 90.8 cm³/mol. The maximum Gasteiger partial charge on any atom is 0.125 e. The maximum absolute atomic E-state index is 5.91. The first-order valence-electron chi connectivity index (χ1n) is 8.22. The SMILES string of the molecule is CC1(C)CCC(NC2CCCOc3cc(Br)ccc32)CC1. The zero-order valence-corrected chi connectivity index (χ0v) is 14.7. The molecular formula is C18H26BrNO. The molecule has 1 aromatic carbocycles. The average molecular weight is 352 g/mol. The van der Waals surface area contributed by atoms with Crippen molar-refractivity contribution in [1.82, 2.24) is 5.32 Å². The van der Waals surface area contributed by atoms with Crippen molar-refractivity contribution in [2.24, 2.45) is 5.41 Å². The van der Waals surface area contributed by atoms with E-state index in [-0.39, 0.29) is 0 Å². The number of halogens is 1. The second-order valence-corrected chi connectivity index (χ2v) is 8.25. The monoisotopic (exact) mass is 351 g/mol. The number of ether oxygens (including phenoxy) is 1. The zero-order chi connectivity index (χ0) is 14.9. The minimum absolute atomic E-state index is 0.446. The van der Waals surface area contributed by atoms with Gasteiger partial charge in [0.05, 0.1) is 6.61 Å². The molecule has 1 heterocycles. The third kappa shape index (κ3) is 3.81. The number of rotatable bonds is 2. The molecule has 0 saturated heterocycles. The summed E-state index contributed by atoms with van der Waals surface area (Å²) in [6.07, 6.45) is 7.57. The third-order valence-corrected chi connectivity index (χ3v) is 5.52. The Labute approximate surface area is 136 Å². The molecule has 21 heavy (non-hydrogen) atoms. The van der Waals surface area contributed by atoms with Gasteiger partial charge in [0.15, 0.2) is 0 Å². The van der Waals surface area contributed by atoms with Crippen molar-refractivity contribution in [2.75, 3.05) is 6.61 Å². The number of benzene rings is 1. The molecule has 2 aliphatic rings. The van der Waals surface area contributed by atoms with Crippen LogP contribution >= 0.6 is 15.9 Å². The van der Waals surface area contributed by atoms with Crippen molar-refractivity contribution < 1.29 is 4.74 Å². The summed E-state index contributed by atoms with van der Waals surface area (Å²) in [5, 5.41) is 3.92. The normalized spacial score (nSPS) is 25.8. The Bertz CT molecular complexity index is 490. The van der Waals surface area contributed by atoms with E-state index in [1.165, 1.54) is 37.7 Å². The van der Waals surface area contributed by atoms with Gasteiger partial charge in [-0.25, -0.2) is 0 Å². The number of hydrogen-bond acceptors (Lipinski definition) is 2. The fourth-order valence-corrected chi connectivity index (χ4v) is 3.91. The quantitative estimate of drug-likeness (QED) is 0.788. The zero-order valence-electron chi connectivity index (χ0n) is 13.1. The van der Waals surface area contributed by atoms with E-state index in [1.54, 1.807) is 0 Å². The van der Waals surface area contributed by atoms with Crippen molar-refractivity contribution in [2.45, 2.75) is 64.5 Å². The highest BCUT2D eigenvalue weighted by Gasteiger charge is 2.29. The molecule has 1 fully saturated rings. The first-order valence-corrected chi connectivity index (χ1v) is 9.01. The van der Waals surface area contributed by atoms with Crippen molar-refractivity contribution in [1.29, 1.82) is 0 Å². The van der Waals surface area contributed by atoms with E-state index >= 15 is 0 Å². The molecule has 2 nitrogen and oxygen atoms in total. The van der Waals surface area contributed by atoms with E-state index < -0.39 is 0 Å². The number of nitrogens with one attached hydrogen (secondary N) is 1. The summed E-state index contributed by atoms with van der Waals surface area (Å²) in [4.78, 5) is 0. The molecule has 1 aliphatic heterocycles. The van der Waals surface area contributed by atoms with Crippen LogP contribution in [-0.2, 0) is 0 Å². The minimum atomic E-state index is 0.446. The van der Waals surface area contributed by atoms with Gasteiger partial charge in [0.25, 0.3) is 0 Å². The van der Waals surface area contributed by atoms with Crippen LogP contribution < -0.4 is 10.1 Å². The van der Waals surface area contributed by atoms with E-state index in [0.717, 1.165) is 23.2 Å². The predicted octanol–water partition coefficient (Wildman–Crippen LogP) is 5.22. The van der Waals surface area contributed by atoms with Crippen LogP contribution in [0.1, 0.15) is 64.0 Å². The van der Waals surface area contributed by atoms with Crippen LogP contribution in [-0.4, -0.2) is 12.6 Å². The van der Waals surface area contributed by atoms with Crippen LogP contribution in [0.5, 0.6) is 5.75 Å². The summed E-state index contributed by atoms with van der Waals surface area (Å²) in [7, 11) is 0. The highest BCUT2D eigenvalue weighted by atomic mass is 79.9. The fourth-order valence-electron chi connectivity index (χ4n) is 3.57. The smallest absolute Gasteiger partial charge is 0.125 e. The summed E-state index contributed by atoms with van der Waals surface area (Å²) < 4.78 is 7.01. The topological polar surface area (TPSA) is 21.3 Å². The highest BCUT2D eigenvalue weighted by Crippen LogP contribution is 2.38. The molecule has 0 amide bonds. The summed E-state index contributed by atoms with van der Waals surface area (Å²) in [5.74, 6) is 1.05. The molecule has 1 unspecified atom stereocenters. The Morgan fingerprint density at radius 2 is 1.95 bits per heavy atom. The summed E-state index contributed by atoms with van der Waals surface area (Å²) in [6.45, 7) is 5.63. The van der Waals surface area contributed by atoms with E-state index in [2.05, 4.69) is 53.3 Å². The van der Waals surface area contributed by atoms with Crippen molar-refractivity contribution in [3.8, 4) is 5.75 Å². The van der Waals surface area contributed by atoms with Gasteiger partial charge in [0.1, 0.15) is 5.75 Å². The molecule has 1 aliphatic carbocycles. The lowest BCUT2D eigenvalue weighted by molar-refractivity contribution is 0.196. The maximum atomic E-state index is 5.91. The van der Waals surface area contributed by atoms with Gasteiger partial charge in [0.2, 0.25) is 0 Å². The molecule has 116 valence electrons. The first kappa shape index (κ1) is 15.4. The van der Waals surface area contributed by atoms with Crippen LogP contribution in [0.2, 0.25) is 0 Å². The van der Waals surface area contributed by atoms with E-state index in [1.807, 2.05) is 0 Å². The molecule has 1 N–H and O–H groups in total. The van der Waals surface area contributed by atoms with Gasteiger partial charge in [-0.3, -0.25) is 0 Å². The van der Waals surface area contributed by atoms with Gasteiger partial charge in [-0.2, -0.15) is 0 Å². The molecule has 3 rings (SSSR count). The Balaban J connectivity index is 1.71. The summed E-state index contributed by atoms with van der Waals surface area (Å²) in [5.41, 5.74) is 1.87. The molecule has 0 aromatic heterocycles. The van der Waals surface area contributed by atoms with Crippen molar-refractivity contribution >= 4 is 15.9 Å². The van der Waals surface area contributed by atoms with E-state index in [0.29, 0.717) is 17.5 Å². The third-order valence-electron chi connectivity index (χ3n) is 5.02. The van der Waals surface area contributed by atoms with Crippen molar-refractivity contribution in [3.63, 3.8) is 0 Å². The number of fused-ring (bicyclic) bond motifs is 1. The van der Waals surface area contributed by atoms with E-state index in [4.69, 9.17) is 4.74 Å². The van der Waals surface area contributed by atoms with Crippen LogP contribution in [0, 0.1) is 5.41 Å². The van der Waals surface area contributed by atoms with E-state index in [9.17, 15) is 0 Å². The van der Waals surface area contributed by atoms with Gasteiger partial charge in [0, 0.05) is 22.1 Å². The molecule has 1 atom stereocenters. The Kier molecular flexibility index (Phi) is 4.60. The largest absolute Gasteiger partial charge is 0.493 e. The van der Waals surface area contributed by atoms with Crippen LogP contribution in [0.4, 0.5) is 0 Å². The molecular weight excluding hydrogens is 326 g/mol. The molecule has 0 bridgehead atoms. The van der Waals surface area contributed by atoms with Gasteiger partial charge in [-0.05, 0) is 56.1 Å². The number of hydrogen-bond donors (Lipinski definition) is 1. The van der Waals surface area contributed by atoms with Gasteiger partial charge in [-0.15, -0.1) is 0 Å². The van der Waals surface area contributed by atoms with Crippen LogP contribution in [0.15, 0.2) is 22.7 Å². The Hall–Kier alpha value is -0.540. The van der Waals surface area contributed by atoms with Crippen molar-refractivity contribution in [3.05, 3.63) is 28.2 Å². The van der Waals surface area contributed by atoms with Gasteiger partial charge >= 0.3 is 0 Å². The van der Waals surface area contributed by atoms with Crippen LogP contribution in [0.3, 0.4) is 0 Å². The first-order chi connectivity index (χ1) is 10.0. The average Bonchev–Trinajstić information content (AvgIpc) is 2.63. The molecule has 0 radical (unpaired) electrons. The lowest BCUT2D eigenvalue weighted by Crippen LogP contribution is -2.37. The van der Waals surface area contributed by atoms with Gasteiger partial charge < -0.3 is 10.1 Å². The Morgan fingerprint density at radius 3 is 2.71 bits per heavy atom. The second-order valence-electron chi connectivity index (χ2n) is 7.33. The lowest BCUT2D eigenvalue weighted by atomic mass is 9.75. The standard InChI is InChI=1S/C18H26BrNO/c1-18(2)9-7-14(8-10-18)20-16-4-3-11-21-17-12-13(19)5-6-15(16)17/h5-6,12,14,16,20H,3-4,7-11H2,1-2H3. The molecule has 0 spiro atoms. The van der Waals surface area contributed by atoms with Crippen LogP contribution in [0.25, 0.3) is 0 Å². The Morgan fingerprint density at radius 1 is 1.19 bits per heavy atom. The molecule has 1 saturated carbocycles. The molecule has 1 aromatic rings. The second kappa shape index (κ2) is 6.29. The summed E-state index contributed by atoms with van der Waals surface area (Å²) in [6, 6.07) is 7.57. The molecule has 3 heteroatoms. The minimum Gasteiger partial charge on any atom is -0.493 e. The lowest BCUT2D eigenvalue weighted by Gasteiger charge is -2.36. The van der Waals surface area contributed by atoms with Gasteiger partial charge in [-0.1, -0.05) is 35.8 Å². The fraction of sp³-hybridized carbons (Fsp3) is 0.667.